The Hall–Kier alpha value is -0.330. The maximum atomic E-state index is 9.04. The van der Waals surface area contributed by atoms with E-state index in [4.69, 9.17) is 44.9 Å². The van der Waals surface area contributed by atoms with E-state index in [2.05, 4.69) is 18.9 Å². The number of aliphatic hydroxyl groups is 1. The molecular formula is C7H21N2O7P3. The SMILES string of the molecule is C=P(=O)O.C=P(=O)O.C=P(=O)O.NCCC(O)CN. The Morgan fingerprint density at radius 2 is 1.11 bits per heavy atom. The van der Waals surface area contributed by atoms with Crippen LogP contribution in [0.4, 0.5) is 0 Å². The summed E-state index contributed by atoms with van der Waals surface area (Å²) < 4.78 is 27.1. The maximum absolute atomic E-state index is 9.04. The minimum atomic E-state index is -2.12. The molecule has 9 nitrogen and oxygen atoms in total. The van der Waals surface area contributed by atoms with E-state index in [-0.39, 0.29) is 0 Å². The second-order valence-corrected chi connectivity index (χ2v) is 4.64. The third kappa shape index (κ3) is 199. The van der Waals surface area contributed by atoms with Crippen LogP contribution in [0.25, 0.3) is 0 Å². The largest absolute Gasteiger partial charge is 0.392 e. The normalized spacial score (nSPS) is 12.0. The molecule has 19 heavy (non-hydrogen) atoms. The van der Waals surface area contributed by atoms with E-state index in [9.17, 15) is 0 Å². The average molecular weight is 338 g/mol. The molecule has 0 aromatic rings. The molecule has 8 N–H and O–H groups in total. The van der Waals surface area contributed by atoms with Crippen molar-refractivity contribution >= 4 is 41.9 Å². The van der Waals surface area contributed by atoms with Crippen LogP contribution in [0.3, 0.4) is 0 Å². The minimum Gasteiger partial charge on any atom is -0.392 e. The van der Waals surface area contributed by atoms with Gasteiger partial charge in [-0.15, -0.1) is 0 Å². The lowest BCUT2D eigenvalue weighted by atomic mass is 10.3. The molecule has 4 unspecified atom stereocenters. The van der Waals surface area contributed by atoms with Gasteiger partial charge in [-0.05, 0) is 31.9 Å². The summed E-state index contributed by atoms with van der Waals surface area (Å²) in [6, 6.07) is 0. The van der Waals surface area contributed by atoms with E-state index >= 15 is 0 Å². The van der Waals surface area contributed by atoms with E-state index < -0.39 is 29.1 Å². The summed E-state index contributed by atoms with van der Waals surface area (Å²) in [5.74, 6) is 0. The Bertz CT molecular complexity index is 305. The molecule has 0 radical (unpaired) electrons. The first kappa shape index (κ1) is 27.1. The molecule has 0 fully saturated rings. The fourth-order valence-electron chi connectivity index (χ4n) is 0.310. The maximum Gasteiger partial charge on any atom is 0.228 e. The average Bonchev–Trinajstić information content (AvgIpc) is 2.15. The van der Waals surface area contributed by atoms with Gasteiger partial charge in [-0.1, -0.05) is 0 Å². The summed E-state index contributed by atoms with van der Waals surface area (Å²) in [4.78, 5) is 22.4. The molecule has 4 atom stereocenters. The van der Waals surface area contributed by atoms with Gasteiger partial charge in [0.25, 0.3) is 0 Å². The Kier molecular flexibility index (Phi) is 32.5. The number of nitrogens with two attached hydrogens (primary N) is 2. The van der Waals surface area contributed by atoms with Gasteiger partial charge in [0.2, 0.25) is 23.0 Å². The number of hydrogen-bond donors (Lipinski definition) is 6. The fraction of sp³-hybridized carbons (Fsp3) is 0.571. The lowest BCUT2D eigenvalue weighted by Gasteiger charge is -2.01. The molecule has 0 aromatic carbocycles. The van der Waals surface area contributed by atoms with Gasteiger partial charge < -0.3 is 31.3 Å². The van der Waals surface area contributed by atoms with Gasteiger partial charge >= 0.3 is 0 Å². The van der Waals surface area contributed by atoms with Gasteiger partial charge in [0.1, 0.15) is 0 Å². The highest BCUT2D eigenvalue weighted by atomic mass is 31.1. The van der Waals surface area contributed by atoms with Gasteiger partial charge in [-0.25, -0.2) is 0 Å². The first-order valence-corrected chi connectivity index (χ1v) is 8.68. The predicted octanol–water partition coefficient (Wildman–Crippen LogP) is -0.886. The zero-order chi connectivity index (χ0) is 16.4. The number of aliphatic hydroxyl groups excluding tert-OH is 1. The zero-order valence-corrected chi connectivity index (χ0v) is 13.0. The quantitative estimate of drug-likeness (QED) is 0.355. The van der Waals surface area contributed by atoms with Crippen LogP contribution in [0, 0.1) is 0 Å². The smallest absolute Gasteiger partial charge is 0.228 e. The first-order chi connectivity index (χ1) is 8.50. The second-order valence-electron chi connectivity index (χ2n) is 2.52. The summed E-state index contributed by atoms with van der Waals surface area (Å²) in [5.41, 5.74) is 10.1. The number of hydrogen-bond acceptors (Lipinski definition) is 6. The van der Waals surface area contributed by atoms with Crippen LogP contribution in [-0.4, -0.2) is 57.9 Å². The van der Waals surface area contributed by atoms with Crippen LogP contribution in [0.1, 0.15) is 6.42 Å². The van der Waals surface area contributed by atoms with Crippen molar-refractivity contribution in [3.63, 3.8) is 0 Å². The van der Waals surface area contributed by atoms with Gasteiger partial charge in [0.15, 0.2) is 0 Å². The number of rotatable bonds is 3. The molecular weight excluding hydrogens is 317 g/mol. The molecule has 116 valence electrons. The Balaban J connectivity index is -0.0000000825. The first-order valence-electron chi connectivity index (χ1n) is 4.49. The summed E-state index contributed by atoms with van der Waals surface area (Å²) in [7, 11) is -6.36. The standard InChI is InChI=1S/C4H12N2O.3CH3O2P/c5-2-1-4(7)3-6;3*1-4(2)3/h4,7H,1-3,5-6H2;3*1H2,(H,2,3). The van der Waals surface area contributed by atoms with Crippen molar-refractivity contribution in [1.82, 2.24) is 0 Å². The lowest BCUT2D eigenvalue weighted by molar-refractivity contribution is 0.175. The highest BCUT2D eigenvalue weighted by molar-refractivity contribution is 7.36. The van der Waals surface area contributed by atoms with Crippen molar-refractivity contribution in [1.29, 1.82) is 0 Å². The third-order valence-electron chi connectivity index (χ3n) is 0.772. The van der Waals surface area contributed by atoms with Crippen LogP contribution in [0.5, 0.6) is 0 Å². The van der Waals surface area contributed by atoms with Gasteiger partial charge in [0.05, 0.1) is 6.10 Å². The van der Waals surface area contributed by atoms with Gasteiger partial charge in [0, 0.05) is 6.54 Å². The Labute approximate surface area is 113 Å². The molecule has 0 heterocycles. The van der Waals surface area contributed by atoms with Crippen LogP contribution >= 0.6 is 23.0 Å². The molecule has 0 spiro atoms. The van der Waals surface area contributed by atoms with Crippen molar-refractivity contribution in [3.8, 4) is 0 Å². The van der Waals surface area contributed by atoms with Crippen LogP contribution < -0.4 is 11.5 Å². The van der Waals surface area contributed by atoms with Crippen molar-refractivity contribution in [2.24, 2.45) is 11.5 Å². The van der Waals surface area contributed by atoms with Crippen molar-refractivity contribution in [2.45, 2.75) is 12.5 Å². The molecule has 12 heteroatoms. The molecule has 0 saturated heterocycles. The molecule has 0 amide bonds. The molecule has 0 aliphatic heterocycles. The summed E-state index contributed by atoms with van der Waals surface area (Å²) >= 11 is 0. The highest BCUT2D eigenvalue weighted by Gasteiger charge is 1.95. The summed E-state index contributed by atoms with van der Waals surface area (Å²) in [5, 5.41) is 8.65. The van der Waals surface area contributed by atoms with E-state index in [1.54, 1.807) is 0 Å². The second kappa shape index (κ2) is 22.8. The summed E-state index contributed by atoms with van der Waals surface area (Å²) in [6.45, 7) is 0.829. The molecule has 0 aromatic heterocycles. The van der Waals surface area contributed by atoms with Gasteiger partial charge in [-0.3, -0.25) is 13.7 Å². The van der Waals surface area contributed by atoms with Crippen LogP contribution in [0.2, 0.25) is 0 Å². The van der Waals surface area contributed by atoms with Crippen molar-refractivity contribution in [2.75, 3.05) is 13.1 Å². The Morgan fingerprint density at radius 3 is 1.16 bits per heavy atom. The molecule has 0 saturated carbocycles. The predicted molar refractivity (Wildman–Crippen MR) is 79.6 cm³/mol. The van der Waals surface area contributed by atoms with Crippen LogP contribution in [-0.2, 0) is 13.7 Å². The monoisotopic (exact) mass is 338 g/mol. The summed E-state index contributed by atoms with van der Waals surface area (Å²) in [6.07, 6.45) is 8.32. The third-order valence-corrected chi connectivity index (χ3v) is 0.772. The van der Waals surface area contributed by atoms with Gasteiger partial charge in [-0.2, -0.15) is 0 Å². The zero-order valence-electron chi connectivity index (χ0n) is 10.3. The highest BCUT2D eigenvalue weighted by Crippen LogP contribution is 1.84. The van der Waals surface area contributed by atoms with Crippen molar-refractivity contribution < 1.29 is 33.5 Å². The minimum absolute atomic E-state index is 0.317. The molecule has 0 rings (SSSR count). The molecule has 0 bridgehead atoms. The fourth-order valence-corrected chi connectivity index (χ4v) is 0.310. The van der Waals surface area contributed by atoms with Crippen molar-refractivity contribution in [3.05, 3.63) is 0 Å². The Morgan fingerprint density at radius 1 is 0.895 bits per heavy atom. The van der Waals surface area contributed by atoms with E-state index in [1.165, 1.54) is 0 Å². The van der Waals surface area contributed by atoms with E-state index in [0.717, 1.165) is 0 Å². The molecule has 0 aliphatic carbocycles. The molecule has 0 aliphatic rings. The van der Waals surface area contributed by atoms with E-state index in [1.807, 2.05) is 0 Å². The van der Waals surface area contributed by atoms with E-state index in [0.29, 0.717) is 19.5 Å². The van der Waals surface area contributed by atoms with Crippen LogP contribution in [0.15, 0.2) is 0 Å². The topological polar surface area (TPSA) is 184 Å². The lowest BCUT2D eigenvalue weighted by Crippen LogP contribution is -2.22.